The van der Waals surface area contributed by atoms with Crippen LogP contribution in [0.25, 0.3) is 0 Å². The van der Waals surface area contributed by atoms with Crippen molar-refractivity contribution in [3.8, 4) is 0 Å². The van der Waals surface area contributed by atoms with Gasteiger partial charge in [-0.1, -0.05) is 41.9 Å². The number of anilines is 1. The third-order valence-corrected chi connectivity index (χ3v) is 3.20. The molecule has 0 unspecified atom stereocenters. The molecule has 2 aromatic carbocycles. The van der Waals surface area contributed by atoms with E-state index in [1.165, 1.54) is 0 Å². The van der Waals surface area contributed by atoms with E-state index in [0.29, 0.717) is 16.3 Å². The second-order valence-electron chi connectivity index (χ2n) is 4.60. The Hall–Kier alpha value is -2.37. The maximum atomic E-state index is 11.7. The monoisotopic (exact) mass is 318 g/mol. The number of nitrogens with one attached hydrogen (secondary N) is 2. The molecule has 0 aliphatic carbocycles. The Morgan fingerprint density at radius 2 is 1.64 bits per heavy atom. The topological polar surface area (TPSA) is 78.4 Å². The van der Waals surface area contributed by atoms with Crippen molar-refractivity contribution in [3.05, 3.63) is 65.2 Å². The molecule has 0 aliphatic rings. The van der Waals surface area contributed by atoms with Crippen molar-refractivity contribution < 1.29 is 14.7 Å². The van der Waals surface area contributed by atoms with E-state index in [4.69, 9.17) is 11.6 Å². The summed E-state index contributed by atoms with van der Waals surface area (Å²) in [5, 5.41) is 15.3. The Morgan fingerprint density at radius 1 is 1.00 bits per heavy atom. The van der Waals surface area contributed by atoms with Crippen molar-refractivity contribution in [3.63, 3.8) is 0 Å². The van der Waals surface area contributed by atoms with Crippen LogP contribution in [0.4, 0.5) is 5.69 Å². The SMILES string of the molecule is O=C(NC[C@@H](O)c1ccccc1)C(=O)Nc1ccc(Cl)cc1. The molecule has 0 radical (unpaired) electrons. The summed E-state index contributed by atoms with van der Waals surface area (Å²) in [5.74, 6) is -1.62. The van der Waals surface area contributed by atoms with Gasteiger partial charge in [-0.2, -0.15) is 0 Å². The van der Waals surface area contributed by atoms with E-state index < -0.39 is 17.9 Å². The Balaban J connectivity index is 1.84. The van der Waals surface area contributed by atoms with Gasteiger partial charge in [-0.3, -0.25) is 9.59 Å². The van der Waals surface area contributed by atoms with Gasteiger partial charge in [-0.05, 0) is 29.8 Å². The van der Waals surface area contributed by atoms with Crippen molar-refractivity contribution in [2.24, 2.45) is 0 Å². The number of aliphatic hydroxyl groups excluding tert-OH is 1. The molecule has 0 heterocycles. The maximum Gasteiger partial charge on any atom is 0.313 e. The molecular formula is C16H15ClN2O3. The Kier molecular flexibility index (Phi) is 5.52. The molecule has 0 saturated heterocycles. The molecule has 0 saturated carbocycles. The Labute approximate surface area is 132 Å². The fourth-order valence-corrected chi connectivity index (χ4v) is 1.91. The van der Waals surface area contributed by atoms with Crippen LogP contribution in [-0.2, 0) is 9.59 Å². The number of halogens is 1. The van der Waals surface area contributed by atoms with Gasteiger partial charge in [0.2, 0.25) is 0 Å². The molecule has 2 aromatic rings. The average molecular weight is 319 g/mol. The van der Waals surface area contributed by atoms with E-state index in [-0.39, 0.29) is 6.54 Å². The molecule has 0 fully saturated rings. The van der Waals surface area contributed by atoms with Gasteiger partial charge in [0.15, 0.2) is 0 Å². The molecule has 6 heteroatoms. The number of hydrogen-bond donors (Lipinski definition) is 3. The van der Waals surface area contributed by atoms with Crippen LogP contribution in [0.5, 0.6) is 0 Å². The standard InChI is InChI=1S/C16H15ClN2O3/c17-12-6-8-13(9-7-12)19-16(22)15(21)18-10-14(20)11-4-2-1-3-5-11/h1-9,14,20H,10H2,(H,18,21)(H,19,22)/t14-/m1/s1. The highest BCUT2D eigenvalue weighted by atomic mass is 35.5. The molecule has 0 spiro atoms. The first kappa shape index (κ1) is 16.0. The quantitative estimate of drug-likeness (QED) is 0.756. The van der Waals surface area contributed by atoms with Crippen LogP contribution in [-0.4, -0.2) is 23.5 Å². The predicted octanol–water partition coefficient (Wildman–Crippen LogP) is 2.13. The zero-order valence-electron chi connectivity index (χ0n) is 11.6. The van der Waals surface area contributed by atoms with Crippen molar-refractivity contribution in [1.82, 2.24) is 5.32 Å². The van der Waals surface area contributed by atoms with Gasteiger partial charge < -0.3 is 15.7 Å². The van der Waals surface area contributed by atoms with Gasteiger partial charge in [0.1, 0.15) is 0 Å². The summed E-state index contributed by atoms with van der Waals surface area (Å²) in [6, 6.07) is 15.3. The summed E-state index contributed by atoms with van der Waals surface area (Å²) < 4.78 is 0. The second-order valence-corrected chi connectivity index (χ2v) is 5.03. The predicted molar refractivity (Wildman–Crippen MR) is 84.5 cm³/mol. The maximum absolute atomic E-state index is 11.7. The average Bonchev–Trinajstić information content (AvgIpc) is 2.55. The minimum atomic E-state index is -0.867. The smallest absolute Gasteiger partial charge is 0.313 e. The highest BCUT2D eigenvalue weighted by Crippen LogP contribution is 2.13. The first-order valence-electron chi connectivity index (χ1n) is 6.64. The third-order valence-electron chi connectivity index (χ3n) is 2.95. The highest BCUT2D eigenvalue weighted by Gasteiger charge is 2.15. The molecule has 0 aliphatic heterocycles. The fraction of sp³-hybridized carbons (Fsp3) is 0.125. The van der Waals surface area contributed by atoms with Crippen LogP contribution >= 0.6 is 11.6 Å². The number of carbonyl (C=O) groups excluding carboxylic acids is 2. The van der Waals surface area contributed by atoms with Gasteiger partial charge in [0, 0.05) is 17.3 Å². The van der Waals surface area contributed by atoms with E-state index in [0.717, 1.165) is 0 Å². The Morgan fingerprint density at radius 3 is 2.27 bits per heavy atom. The number of aliphatic hydroxyl groups is 1. The van der Waals surface area contributed by atoms with E-state index >= 15 is 0 Å². The number of rotatable bonds is 4. The zero-order valence-corrected chi connectivity index (χ0v) is 12.4. The molecule has 2 rings (SSSR count). The molecule has 0 bridgehead atoms. The molecule has 22 heavy (non-hydrogen) atoms. The van der Waals surface area contributed by atoms with Crippen molar-refractivity contribution in [1.29, 1.82) is 0 Å². The first-order valence-corrected chi connectivity index (χ1v) is 7.02. The molecule has 114 valence electrons. The number of benzene rings is 2. The van der Waals surface area contributed by atoms with E-state index in [1.54, 1.807) is 48.5 Å². The van der Waals surface area contributed by atoms with Gasteiger partial charge in [-0.25, -0.2) is 0 Å². The van der Waals surface area contributed by atoms with E-state index in [2.05, 4.69) is 10.6 Å². The van der Waals surface area contributed by atoms with Gasteiger partial charge in [0.25, 0.3) is 0 Å². The normalized spacial score (nSPS) is 11.5. The lowest BCUT2D eigenvalue weighted by molar-refractivity contribution is -0.136. The fourth-order valence-electron chi connectivity index (χ4n) is 1.78. The summed E-state index contributed by atoms with van der Waals surface area (Å²) in [7, 11) is 0. The number of hydrogen-bond acceptors (Lipinski definition) is 3. The molecule has 0 aromatic heterocycles. The lowest BCUT2D eigenvalue weighted by Crippen LogP contribution is -2.37. The van der Waals surface area contributed by atoms with Crippen molar-refractivity contribution in [2.45, 2.75) is 6.10 Å². The summed E-state index contributed by atoms with van der Waals surface area (Å²) in [6.45, 7) is -0.0448. The summed E-state index contributed by atoms with van der Waals surface area (Å²) in [5.41, 5.74) is 1.13. The Bertz CT molecular complexity index is 644. The van der Waals surface area contributed by atoms with E-state index in [1.807, 2.05) is 6.07 Å². The largest absolute Gasteiger partial charge is 0.387 e. The molecule has 2 amide bonds. The zero-order chi connectivity index (χ0) is 15.9. The molecule has 1 atom stereocenters. The summed E-state index contributed by atoms with van der Waals surface area (Å²) >= 11 is 5.73. The van der Waals surface area contributed by atoms with Crippen LogP contribution in [0.3, 0.4) is 0 Å². The molecule has 3 N–H and O–H groups in total. The lowest BCUT2D eigenvalue weighted by Gasteiger charge is -2.12. The first-order chi connectivity index (χ1) is 10.6. The minimum Gasteiger partial charge on any atom is -0.387 e. The summed E-state index contributed by atoms with van der Waals surface area (Å²) in [4.78, 5) is 23.4. The minimum absolute atomic E-state index is 0.0448. The second kappa shape index (κ2) is 7.59. The highest BCUT2D eigenvalue weighted by molar-refractivity contribution is 6.39. The molecule has 5 nitrogen and oxygen atoms in total. The van der Waals surface area contributed by atoms with Crippen LogP contribution in [0.2, 0.25) is 5.02 Å². The van der Waals surface area contributed by atoms with Crippen LogP contribution < -0.4 is 10.6 Å². The van der Waals surface area contributed by atoms with Crippen LogP contribution in [0.15, 0.2) is 54.6 Å². The van der Waals surface area contributed by atoms with Gasteiger partial charge in [-0.15, -0.1) is 0 Å². The number of carbonyl (C=O) groups is 2. The van der Waals surface area contributed by atoms with Crippen molar-refractivity contribution >= 4 is 29.1 Å². The molecular weight excluding hydrogens is 304 g/mol. The van der Waals surface area contributed by atoms with Crippen LogP contribution in [0, 0.1) is 0 Å². The van der Waals surface area contributed by atoms with E-state index in [9.17, 15) is 14.7 Å². The van der Waals surface area contributed by atoms with Gasteiger partial charge in [0.05, 0.1) is 6.10 Å². The van der Waals surface area contributed by atoms with Crippen molar-refractivity contribution in [2.75, 3.05) is 11.9 Å². The van der Waals surface area contributed by atoms with Gasteiger partial charge >= 0.3 is 11.8 Å². The summed E-state index contributed by atoms with van der Waals surface area (Å²) in [6.07, 6.45) is -0.867. The number of amides is 2. The lowest BCUT2D eigenvalue weighted by atomic mass is 10.1. The van der Waals surface area contributed by atoms with Crippen LogP contribution in [0.1, 0.15) is 11.7 Å². The third kappa shape index (κ3) is 4.58.